The Morgan fingerprint density at radius 1 is 1.30 bits per heavy atom. The number of carbonyl (C=O) groups excluding carboxylic acids is 1. The summed E-state index contributed by atoms with van der Waals surface area (Å²) in [5, 5.41) is 4.23. The number of piperidine rings is 1. The highest BCUT2D eigenvalue weighted by Gasteiger charge is 2.18. The number of hydrogen-bond donors (Lipinski definition) is 0. The fraction of sp³-hybridized carbons (Fsp3) is 0.500. The lowest BCUT2D eigenvalue weighted by molar-refractivity contribution is -0.133. The molecule has 106 valence electrons. The van der Waals surface area contributed by atoms with Crippen molar-refractivity contribution in [2.75, 3.05) is 13.1 Å². The minimum absolute atomic E-state index is 0.0189. The fourth-order valence-electron chi connectivity index (χ4n) is 2.72. The van der Waals surface area contributed by atoms with Crippen molar-refractivity contribution in [2.45, 2.75) is 32.7 Å². The van der Waals surface area contributed by atoms with Crippen molar-refractivity contribution < 1.29 is 4.79 Å². The number of nitrogens with zero attached hydrogens (tertiary/aromatic N) is 4. The van der Waals surface area contributed by atoms with Crippen molar-refractivity contribution in [3.05, 3.63) is 34.5 Å². The lowest BCUT2D eigenvalue weighted by Crippen LogP contribution is -2.40. The third-order valence-corrected chi connectivity index (χ3v) is 3.81. The Labute approximate surface area is 116 Å². The summed E-state index contributed by atoms with van der Waals surface area (Å²) in [7, 11) is 0. The fourth-order valence-corrected chi connectivity index (χ4v) is 2.72. The Kier molecular flexibility index (Phi) is 3.30. The third kappa shape index (κ3) is 2.21. The Balaban J connectivity index is 1.88. The molecule has 1 aliphatic rings. The highest BCUT2D eigenvalue weighted by molar-refractivity contribution is 5.76. The number of aryl methyl sites for hydroxylation is 1. The molecule has 0 aromatic carbocycles. The van der Waals surface area contributed by atoms with Crippen LogP contribution in [0.3, 0.4) is 0 Å². The monoisotopic (exact) mass is 274 g/mol. The van der Waals surface area contributed by atoms with E-state index in [1.54, 1.807) is 16.7 Å². The van der Waals surface area contributed by atoms with Gasteiger partial charge in [0.15, 0.2) is 0 Å². The summed E-state index contributed by atoms with van der Waals surface area (Å²) in [6, 6.07) is 3.56. The van der Waals surface area contributed by atoms with Gasteiger partial charge in [-0.3, -0.25) is 14.0 Å². The number of amides is 1. The average molecular weight is 274 g/mol. The minimum atomic E-state index is -0.217. The molecule has 3 rings (SSSR count). The lowest BCUT2D eigenvalue weighted by Gasteiger charge is -2.26. The van der Waals surface area contributed by atoms with Gasteiger partial charge in [-0.2, -0.15) is 5.10 Å². The van der Waals surface area contributed by atoms with Crippen molar-refractivity contribution in [3.63, 3.8) is 0 Å². The summed E-state index contributed by atoms with van der Waals surface area (Å²) < 4.78 is 3.02. The van der Waals surface area contributed by atoms with Gasteiger partial charge in [0.1, 0.15) is 17.9 Å². The molecule has 0 atom stereocenters. The first-order valence-corrected chi connectivity index (χ1v) is 6.99. The van der Waals surface area contributed by atoms with Crippen LogP contribution in [0.2, 0.25) is 0 Å². The molecule has 0 spiro atoms. The summed E-state index contributed by atoms with van der Waals surface area (Å²) in [6.07, 6.45) is 5.07. The minimum Gasteiger partial charge on any atom is -0.341 e. The van der Waals surface area contributed by atoms with Crippen LogP contribution in [0.1, 0.15) is 25.1 Å². The molecule has 0 bridgehead atoms. The van der Waals surface area contributed by atoms with Gasteiger partial charge >= 0.3 is 0 Å². The van der Waals surface area contributed by atoms with Crippen molar-refractivity contribution in [2.24, 2.45) is 0 Å². The molecular weight excluding hydrogens is 256 g/mol. The van der Waals surface area contributed by atoms with Crippen LogP contribution < -0.4 is 5.56 Å². The van der Waals surface area contributed by atoms with Crippen LogP contribution in [-0.2, 0) is 11.3 Å². The number of hydrogen-bond acceptors (Lipinski definition) is 3. The van der Waals surface area contributed by atoms with E-state index in [1.807, 2.05) is 17.9 Å². The van der Waals surface area contributed by atoms with Crippen LogP contribution in [0.5, 0.6) is 0 Å². The molecule has 2 aromatic heterocycles. The van der Waals surface area contributed by atoms with Gasteiger partial charge in [-0.15, -0.1) is 0 Å². The van der Waals surface area contributed by atoms with E-state index in [2.05, 4.69) is 5.10 Å². The Morgan fingerprint density at radius 3 is 2.80 bits per heavy atom. The predicted octanol–water partition coefficient (Wildman–Crippen LogP) is 0.817. The van der Waals surface area contributed by atoms with Crippen LogP contribution in [0, 0.1) is 6.92 Å². The molecule has 6 heteroatoms. The van der Waals surface area contributed by atoms with Crippen LogP contribution in [0.4, 0.5) is 0 Å². The molecule has 0 N–H and O–H groups in total. The van der Waals surface area contributed by atoms with E-state index in [0.29, 0.717) is 11.3 Å². The van der Waals surface area contributed by atoms with Gasteiger partial charge in [0.05, 0.1) is 0 Å². The highest BCUT2D eigenvalue weighted by atomic mass is 16.2. The normalized spacial score (nSPS) is 15.8. The van der Waals surface area contributed by atoms with Gasteiger partial charge < -0.3 is 4.90 Å². The van der Waals surface area contributed by atoms with Crippen molar-refractivity contribution >= 4 is 11.4 Å². The molecule has 3 heterocycles. The van der Waals surface area contributed by atoms with Gasteiger partial charge in [-0.1, -0.05) is 0 Å². The standard InChI is InChI=1S/C14H18N4O2/c1-11-15-18(14(20)12-6-5-9-17(11)12)10-13(19)16-7-3-2-4-8-16/h5-6,9H,2-4,7-8,10H2,1H3. The van der Waals surface area contributed by atoms with E-state index in [0.717, 1.165) is 25.9 Å². The SMILES string of the molecule is Cc1nn(CC(=O)N2CCCCC2)c(=O)c2cccn12. The molecule has 1 aliphatic heterocycles. The van der Waals surface area contributed by atoms with Gasteiger partial charge in [-0.05, 0) is 38.3 Å². The molecule has 0 radical (unpaired) electrons. The number of aromatic nitrogens is 3. The molecular formula is C14H18N4O2. The summed E-state index contributed by atoms with van der Waals surface area (Å²) in [5.74, 6) is 0.686. The van der Waals surface area contributed by atoms with Gasteiger partial charge in [0.2, 0.25) is 5.91 Å². The van der Waals surface area contributed by atoms with E-state index in [9.17, 15) is 9.59 Å². The quantitative estimate of drug-likeness (QED) is 0.814. The smallest absolute Gasteiger partial charge is 0.291 e. The molecule has 6 nitrogen and oxygen atoms in total. The predicted molar refractivity (Wildman–Crippen MR) is 74.6 cm³/mol. The molecule has 1 amide bonds. The molecule has 20 heavy (non-hydrogen) atoms. The Hall–Kier alpha value is -2.11. The second-order valence-electron chi connectivity index (χ2n) is 5.21. The first-order valence-electron chi connectivity index (χ1n) is 6.99. The zero-order valence-corrected chi connectivity index (χ0v) is 11.6. The first kappa shape index (κ1) is 12.9. The van der Waals surface area contributed by atoms with E-state index in [4.69, 9.17) is 0 Å². The number of rotatable bonds is 2. The molecule has 0 aliphatic carbocycles. The van der Waals surface area contributed by atoms with Crippen molar-refractivity contribution in [1.29, 1.82) is 0 Å². The van der Waals surface area contributed by atoms with Gasteiger partial charge in [0.25, 0.3) is 5.56 Å². The molecule has 1 fully saturated rings. The number of likely N-dealkylation sites (tertiary alicyclic amines) is 1. The summed E-state index contributed by atoms with van der Waals surface area (Å²) in [6.45, 7) is 3.44. The number of carbonyl (C=O) groups is 1. The van der Waals surface area contributed by atoms with Crippen LogP contribution >= 0.6 is 0 Å². The maximum atomic E-state index is 12.3. The topological polar surface area (TPSA) is 59.6 Å². The maximum absolute atomic E-state index is 12.3. The number of fused-ring (bicyclic) bond motifs is 1. The molecule has 0 saturated carbocycles. The van der Waals surface area contributed by atoms with E-state index < -0.39 is 0 Å². The summed E-state index contributed by atoms with van der Waals surface area (Å²) in [5.41, 5.74) is 0.343. The second kappa shape index (κ2) is 5.11. The highest BCUT2D eigenvalue weighted by Crippen LogP contribution is 2.09. The summed E-state index contributed by atoms with van der Waals surface area (Å²) >= 11 is 0. The average Bonchev–Trinajstić information content (AvgIpc) is 2.95. The van der Waals surface area contributed by atoms with Crippen molar-refractivity contribution in [3.8, 4) is 0 Å². The van der Waals surface area contributed by atoms with Crippen LogP contribution in [0.25, 0.3) is 5.52 Å². The van der Waals surface area contributed by atoms with Crippen molar-refractivity contribution in [1.82, 2.24) is 19.1 Å². The van der Waals surface area contributed by atoms with Crippen LogP contribution in [-0.4, -0.2) is 38.1 Å². The first-order chi connectivity index (χ1) is 9.66. The van der Waals surface area contributed by atoms with Crippen LogP contribution in [0.15, 0.2) is 23.1 Å². The lowest BCUT2D eigenvalue weighted by atomic mass is 10.1. The second-order valence-corrected chi connectivity index (χ2v) is 5.21. The van der Waals surface area contributed by atoms with E-state index in [1.165, 1.54) is 11.1 Å². The zero-order chi connectivity index (χ0) is 14.1. The largest absolute Gasteiger partial charge is 0.341 e. The Bertz CT molecular complexity index is 695. The third-order valence-electron chi connectivity index (χ3n) is 3.81. The molecule has 0 unspecified atom stereocenters. The van der Waals surface area contributed by atoms with Gasteiger partial charge in [-0.25, -0.2) is 4.68 Å². The maximum Gasteiger partial charge on any atom is 0.291 e. The zero-order valence-electron chi connectivity index (χ0n) is 11.6. The Morgan fingerprint density at radius 2 is 2.05 bits per heavy atom. The summed E-state index contributed by atoms with van der Waals surface area (Å²) in [4.78, 5) is 26.3. The van der Waals surface area contributed by atoms with Gasteiger partial charge in [0, 0.05) is 19.3 Å². The molecule has 2 aromatic rings. The molecule has 1 saturated heterocycles. The van der Waals surface area contributed by atoms with E-state index in [-0.39, 0.29) is 18.0 Å². The van der Waals surface area contributed by atoms with E-state index >= 15 is 0 Å².